The Morgan fingerprint density at radius 2 is 1.68 bits per heavy atom. The summed E-state index contributed by atoms with van der Waals surface area (Å²) in [6.45, 7) is 1.98. The van der Waals surface area contributed by atoms with Crippen molar-refractivity contribution in [1.82, 2.24) is 9.80 Å². The van der Waals surface area contributed by atoms with Crippen LogP contribution in [0.25, 0.3) is 16.5 Å². The number of thiophene rings is 1. The maximum absolute atomic E-state index is 12.8. The summed E-state index contributed by atoms with van der Waals surface area (Å²) in [5.74, 6) is -0.179. The lowest BCUT2D eigenvalue weighted by Gasteiger charge is -2.35. The fourth-order valence-electron chi connectivity index (χ4n) is 3.88. The van der Waals surface area contributed by atoms with E-state index < -0.39 is 5.60 Å². The van der Waals surface area contributed by atoms with Gasteiger partial charge < -0.3 is 14.9 Å². The van der Waals surface area contributed by atoms with Crippen molar-refractivity contribution in [2.24, 2.45) is 0 Å². The molecule has 1 aliphatic heterocycles. The number of piperazine rings is 1. The molecule has 2 aliphatic carbocycles. The highest BCUT2D eigenvalue weighted by Gasteiger charge is 2.50. The molecule has 1 aromatic heterocycles. The largest absolute Gasteiger partial charge is 0.380 e. The van der Waals surface area contributed by atoms with Gasteiger partial charge in [0.05, 0.1) is 0 Å². The van der Waals surface area contributed by atoms with Gasteiger partial charge in [-0.2, -0.15) is 0 Å². The molecule has 0 atom stereocenters. The quantitative estimate of drug-likeness (QED) is 0.871. The molecular weight excluding hydrogens is 372 g/mol. The van der Waals surface area contributed by atoms with Gasteiger partial charge in [-0.05, 0) is 42.2 Å². The van der Waals surface area contributed by atoms with Crippen molar-refractivity contribution in [3.63, 3.8) is 0 Å². The summed E-state index contributed by atoms with van der Waals surface area (Å²) in [6, 6.07) is 10.0. The molecule has 1 N–H and O–H groups in total. The number of benzene rings is 1. The van der Waals surface area contributed by atoms with Gasteiger partial charge >= 0.3 is 0 Å². The third-order valence-electron chi connectivity index (χ3n) is 5.83. The SMILES string of the molecule is O=C(c1ccc(-c2cc3c(s2)CC=C3)cc1)N1CCN(C(=O)C2(O)CC2)CC1. The number of rotatable bonds is 3. The standard InChI is InChI=1S/C22H22N2O3S/c25-20(23-10-12-24(13-11-23)21(26)22(27)8-9-22)16-6-4-15(5-7-16)19-14-17-2-1-3-18(17)28-19/h1-2,4-7,14,27H,3,8-13H2. The van der Waals surface area contributed by atoms with Gasteiger partial charge in [0.2, 0.25) is 0 Å². The summed E-state index contributed by atoms with van der Waals surface area (Å²) in [6.07, 6.45) is 6.48. The fourth-order valence-corrected chi connectivity index (χ4v) is 5.01. The highest BCUT2D eigenvalue weighted by atomic mass is 32.1. The second kappa shape index (κ2) is 6.57. The molecule has 5 rings (SSSR count). The molecule has 2 amide bonds. The highest BCUT2D eigenvalue weighted by molar-refractivity contribution is 7.15. The molecule has 1 saturated heterocycles. The van der Waals surface area contributed by atoms with Crippen LogP contribution in [-0.2, 0) is 11.2 Å². The van der Waals surface area contributed by atoms with Gasteiger partial charge in [0, 0.05) is 47.9 Å². The Hall–Kier alpha value is -2.44. The van der Waals surface area contributed by atoms with E-state index in [1.165, 1.54) is 15.3 Å². The molecular formula is C22H22N2O3S. The second-order valence-electron chi connectivity index (χ2n) is 7.79. The van der Waals surface area contributed by atoms with Crippen molar-refractivity contribution in [3.8, 4) is 10.4 Å². The summed E-state index contributed by atoms with van der Waals surface area (Å²) in [5, 5.41) is 9.99. The van der Waals surface area contributed by atoms with Crippen LogP contribution in [-0.4, -0.2) is 58.5 Å². The van der Waals surface area contributed by atoms with Crippen LogP contribution in [0.4, 0.5) is 0 Å². The number of hydrogen-bond acceptors (Lipinski definition) is 4. The van der Waals surface area contributed by atoms with Crippen LogP contribution in [0.1, 0.15) is 33.6 Å². The van der Waals surface area contributed by atoms with Gasteiger partial charge in [-0.3, -0.25) is 9.59 Å². The van der Waals surface area contributed by atoms with Crippen LogP contribution in [0.2, 0.25) is 0 Å². The maximum atomic E-state index is 12.8. The summed E-state index contributed by atoms with van der Waals surface area (Å²) in [4.78, 5) is 31.1. The first-order chi connectivity index (χ1) is 13.5. The molecule has 0 unspecified atom stereocenters. The number of carbonyl (C=O) groups excluding carboxylic acids is 2. The first-order valence-electron chi connectivity index (χ1n) is 9.74. The molecule has 1 saturated carbocycles. The lowest BCUT2D eigenvalue weighted by molar-refractivity contribution is -0.143. The van der Waals surface area contributed by atoms with Crippen molar-refractivity contribution >= 4 is 29.2 Å². The smallest absolute Gasteiger partial charge is 0.254 e. The summed E-state index contributed by atoms with van der Waals surface area (Å²) in [7, 11) is 0. The minimum Gasteiger partial charge on any atom is -0.380 e. The Kier molecular flexibility index (Phi) is 4.14. The molecule has 1 aromatic carbocycles. The summed E-state index contributed by atoms with van der Waals surface area (Å²) in [5.41, 5.74) is 1.99. The van der Waals surface area contributed by atoms with E-state index in [2.05, 4.69) is 18.2 Å². The number of allylic oxidation sites excluding steroid dienone is 1. The van der Waals surface area contributed by atoms with Crippen molar-refractivity contribution in [3.05, 3.63) is 52.4 Å². The molecule has 5 nitrogen and oxygen atoms in total. The minimum absolute atomic E-state index is 0.000361. The molecule has 3 aliphatic rings. The predicted molar refractivity (Wildman–Crippen MR) is 109 cm³/mol. The second-order valence-corrected chi connectivity index (χ2v) is 8.93. The molecule has 2 aromatic rings. The van der Waals surface area contributed by atoms with Crippen molar-refractivity contribution < 1.29 is 14.7 Å². The lowest BCUT2D eigenvalue weighted by atomic mass is 10.1. The van der Waals surface area contributed by atoms with E-state index in [0.717, 1.165) is 12.0 Å². The Morgan fingerprint density at radius 3 is 2.32 bits per heavy atom. The van der Waals surface area contributed by atoms with Gasteiger partial charge in [-0.1, -0.05) is 24.3 Å². The zero-order valence-electron chi connectivity index (χ0n) is 15.6. The van der Waals surface area contributed by atoms with Gasteiger partial charge in [-0.25, -0.2) is 0 Å². The number of nitrogens with zero attached hydrogens (tertiary/aromatic N) is 2. The first-order valence-corrected chi connectivity index (χ1v) is 10.6. The molecule has 28 heavy (non-hydrogen) atoms. The normalized spacial score (nSPS) is 19.6. The third kappa shape index (κ3) is 3.06. The minimum atomic E-state index is -1.13. The van der Waals surface area contributed by atoms with Crippen LogP contribution in [0.3, 0.4) is 0 Å². The van der Waals surface area contributed by atoms with Crippen LogP contribution >= 0.6 is 11.3 Å². The Morgan fingerprint density at radius 1 is 1.00 bits per heavy atom. The van der Waals surface area contributed by atoms with E-state index in [-0.39, 0.29) is 11.8 Å². The zero-order valence-corrected chi connectivity index (χ0v) is 16.4. The summed E-state index contributed by atoms with van der Waals surface area (Å²) >= 11 is 1.81. The third-order valence-corrected chi connectivity index (χ3v) is 7.06. The molecule has 0 spiro atoms. The topological polar surface area (TPSA) is 60.9 Å². The molecule has 6 heteroatoms. The Bertz CT molecular complexity index is 964. The number of aliphatic hydroxyl groups is 1. The van der Waals surface area contributed by atoms with Crippen LogP contribution in [0, 0.1) is 0 Å². The van der Waals surface area contributed by atoms with E-state index in [4.69, 9.17) is 0 Å². The summed E-state index contributed by atoms with van der Waals surface area (Å²) < 4.78 is 0. The van der Waals surface area contributed by atoms with Crippen molar-refractivity contribution in [1.29, 1.82) is 0 Å². The zero-order chi connectivity index (χ0) is 19.3. The number of fused-ring (bicyclic) bond motifs is 1. The molecule has 2 fully saturated rings. The van der Waals surface area contributed by atoms with Gasteiger partial charge in [0.25, 0.3) is 11.8 Å². The highest BCUT2D eigenvalue weighted by Crippen LogP contribution is 2.37. The van der Waals surface area contributed by atoms with Crippen molar-refractivity contribution in [2.75, 3.05) is 26.2 Å². The number of amides is 2. The predicted octanol–water partition coefficient (Wildman–Crippen LogP) is 2.79. The molecule has 0 radical (unpaired) electrons. The van der Waals surface area contributed by atoms with Gasteiger partial charge in [0.1, 0.15) is 5.60 Å². The Labute approximate surface area is 167 Å². The average molecular weight is 394 g/mol. The van der Waals surface area contributed by atoms with Gasteiger partial charge in [-0.15, -0.1) is 11.3 Å². The van der Waals surface area contributed by atoms with E-state index in [1.54, 1.807) is 9.80 Å². The Balaban J connectivity index is 1.23. The lowest BCUT2D eigenvalue weighted by Crippen LogP contribution is -2.53. The van der Waals surface area contributed by atoms with E-state index in [1.807, 2.05) is 35.6 Å². The number of carbonyl (C=O) groups is 2. The molecule has 0 bridgehead atoms. The van der Waals surface area contributed by atoms with E-state index >= 15 is 0 Å². The maximum Gasteiger partial charge on any atom is 0.254 e. The van der Waals surface area contributed by atoms with E-state index in [9.17, 15) is 14.7 Å². The molecule has 2 heterocycles. The fraction of sp³-hybridized carbons (Fsp3) is 0.364. The monoisotopic (exact) mass is 394 g/mol. The van der Waals surface area contributed by atoms with Crippen molar-refractivity contribution in [2.45, 2.75) is 24.9 Å². The van der Waals surface area contributed by atoms with E-state index in [0.29, 0.717) is 44.6 Å². The van der Waals surface area contributed by atoms with Gasteiger partial charge in [0.15, 0.2) is 0 Å². The van der Waals surface area contributed by atoms with Crippen LogP contribution in [0.15, 0.2) is 36.4 Å². The molecule has 144 valence electrons. The number of hydrogen-bond donors (Lipinski definition) is 1. The van der Waals surface area contributed by atoms with Crippen LogP contribution in [0.5, 0.6) is 0 Å². The first kappa shape index (κ1) is 17.6. The average Bonchev–Trinajstić information content (AvgIpc) is 3.13. The van der Waals surface area contributed by atoms with Crippen LogP contribution < -0.4 is 0 Å².